The second-order valence-corrected chi connectivity index (χ2v) is 6.29. The van der Waals surface area contributed by atoms with E-state index in [0.717, 1.165) is 29.2 Å². The Morgan fingerprint density at radius 2 is 2.35 bits per heavy atom. The van der Waals surface area contributed by atoms with E-state index in [2.05, 4.69) is 25.5 Å². The molecule has 8 nitrogen and oxygen atoms in total. The summed E-state index contributed by atoms with van der Waals surface area (Å²) in [7, 11) is 1.86. The molecule has 1 amide bonds. The SMILES string of the molecule is Cn1ccc(-c2nc(CNC(=O)c3nc(C4CC4)no3)cs2)n1. The van der Waals surface area contributed by atoms with E-state index in [1.54, 1.807) is 4.68 Å². The van der Waals surface area contributed by atoms with Gasteiger partial charge in [-0.3, -0.25) is 9.48 Å². The van der Waals surface area contributed by atoms with E-state index < -0.39 is 0 Å². The Bertz CT molecular complexity index is 847. The predicted molar refractivity (Wildman–Crippen MR) is 81.8 cm³/mol. The lowest BCUT2D eigenvalue weighted by Gasteiger charge is -1.98. The highest BCUT2D eigenvalue weighted by Gasteiger charge is 2.29. The molecule has 0 spiro atoms. The summed E-state index contributed by atoms with van der Waals surface area (Å²) in [5, 5.41) is 13.6. The van der Waals surface area contributed by atoms with Crippen molar-refractivity contribution in [3.63, 3.8) is 0 Å². The number of amides is 1. The van der Waals surface area contributed by atoms with Crippen LogP contribution in [0.2, 0.25) is 0 Å². The molecule has 0 aromatic carbocycles. The molecule has 1 N–H and O–H groups in total. The molecule has 3 aromatic rings. The van der Waals surface area contributed by atoms with Gasteiger partial charge in [0.1, 0.15) is 10.7 Å². The minimum absolute atomic E-state index is 0.00655. The van der Waals surface area contributed by atoms with Crippen molar-refractivity contribution in [2.75, 3.05) is 0 Å². The molecule has 0 atom stereocenters. The highest BCUT2D eigenvalue weighted by atomic mass is 32.1. The van der Waals surface area contributed by atoms with Crippen molar-refractivity contribution in [1.82, 2.24) is 30.2 Å². The Labute approximate surface area is 135 Å². The third-order valence-electron chi connectivity index (χ3n) is 3.49. The van der Waals surface area contributed by atoms with Crippen LogP contribution >= 0.6 is 11.3 Å². The summed E-state index contributed by atoms with van der Waals surface area (Å²) in [6, 6.07) is 1.90. The molecule has 4 rings (SSSR count). The minimum atomic E-state index is -0.378. The van der Waals surface area contributed by atoms with Crippen LogP contribution in [0.15, 0.2) is 22.2 Å². The zero-order valence-electron chi connectivity index (χ0n) is 12.4. The van der Waals surface area contributed by atoms with Gasteiger partial charge in [0.2, 0.25) is 0 Å². The normalized spacial score (nSPS) is 14.1. The van der Waals surface area contributed by atoms with Gasteiger partial charge in [-0.2, -0.15) is 10.1 Å². The lowest BCUT2D eigenvalue weighted by molar-refractivity contribution is 0.0906. The topological polar surface area (TPSA) is 98.7 Å². The van der Waals surface area contributed by atoms with Crippen molar-refractivity contribution < 1.29 is 9.32 Å². The molecule has 118 valence electrons. The second-order valence-electron chi connectivity index (χ2n) is 5.43. The van der Waals surface area contributed by atoms with Gasteiger partial charge in [0.25, 0.3) is 0 Å². The average molecular weight is 330 g/mol. The maximum Gasteiger partial charge on any atom is 0.315 e. The summed E-state index contributed by atoms with van der Waals surface area (Å²) >= 11 is 1.49. The van der Waals surface area contributed by atoms with Gasteiger partial charge in [-0.05, 0) is 18.9 Å². The van der Waals surface area contributed by atoms with Crippen LogP contribution < -0.4 is 5.32 Å². The molecule has 23 heavy (non-hydrogen) atoms. The predicted octanol–water partition coefficient (Wildman–Crippen LogP) is 1.73. The number of carbonyl (C=O) groups is 1. The molecule has 0 bridgehead atoms. The molecule has 3 heterocycles. The van der Waals surface area contributed by atoms with Crippen LogP contribution in [0.5, 0.6) is 0 Å². The summed E-state index contributed by atoms with van der Waals surface area (Å²) < 4.78 is 6.72. The third kappa shape index (κ3) is 3.00. The average Bonchev–Trinajstić information content (AvgIpc) is 2.96. The first-order chi connectivity index (χ1) is 11.2. The number of hydrogen-bond donors (Lipinski definition) is 1. The van der Waals surface area contributed by atoms with Gasteiger partial charge in [0.05, 0.1) is 12.2 Å². The number of rotatable bonds is 5. The summed E-state index contributed by atoms with van der Waals surface area (Å²) in [6.45, 7) is 0.309. The van der Waals surface area contributed by atoms with E-state index in [0.29, 0.717) is 18.3 Å². The van der Waals surface area contributed by atoms with E-state index in [9.17, 15) is 4.79 Å². The van der Waals surface area contributed by atoms with E-state index in [1.165, 1.54) is 11.3 Å². The number of nitrogens with one attached hydrogen (secondary N) is 1. The second kappa shape index (κ2) is 5.58. The van der Waals surface area contributed by atoms with Crippen molar-refractivity contribution in [3.05, 3.63) is 35.1 Å². The summed E-state index contributed by atoms with van der Waals surface area (Å²) in [5.74, 6) is 0.616. The van der Waals surface area contributed by atoms with Crippen LogP contribution in [0.3, 0.4) is 0 Å². The van der Waals surface area contributed by atoms with Crippen molar-refractivity contribution in [1.29, 1.82) is 0 Å². The first-order valence-electron chi connectivity index (χ1n) is 7.25. The van der Waals surface area contributed by atoms with E-state index in [-0.39, 0.29) is 11.8 Å². The van der Waals surface area contributed by atoms with Crippen LogP contribution in [-0.2, 0) is 13.6 Å². The smallest absolute Gasteiger partial charge is 0.315 e. The number of aryl methyl sites for hydroxylation is 1. The maximum atomic E-state index is 12.0. The molecule has 0 saturated heterocycles. The van der Waals surface area contributed by atoms with Crippen LogP contribution in [0.4, 0.5) is 0 Å². The van der Waals surface area contributed by atoms with E-state index in [4.69, 9.17) is 4.52 Å². The quantitative estimate of drug-likeness (QED) is 0.765. The van der Waals surface area contributed by atoms with Crippen LogP contribution in [-0.4, -0.2) is 30.8 Å². The van der Waals surface area contributed by atoms with Gasteiger partial charge >= 0.3 is 11.8 Å². The van der Waals surface area contributed by atoms with Gasteiger partial charge in [0, 0.05) is 24.5 Å². The fourth-order valence-electron chi connectivity index (χ4n) is 2.12. The number of hydrogen-bond acceptors (Lipinski definition) is 7. The largest absolute Gasteiger partial charge is 0.342 e. The summed E-state index contributed by atoms with van der Waals surface area (Å²) in [5.41, 5.74) is 1.59. The summed E-state index contributed by atoms with van der Waals surface area (Å²) in [4.78, 5) is 20.6. The van der Waals surface area contributed by atoms with Gasteiger partial charge < -0.3 is 9.84 Å². The zero-order chi connectivity index (χ0) is 15.8. The monoisotopic (exact) mass is 330 g/mol. The van der Waals surface area contributed by atoms with Gasteiger partial charge in [-0.15, -0.1) is 11.3 Å². The zero-order valence-corrected chi connectivity index (χ0v) is 13.2. The van der Waals surface area contributed by atoms with Crippen molar-refractivity contribution in [2.45, 2.75) is 25.3 Å². The lowest BCUT2D eigenvalue weighted by Crippen LogP contribution is -2.23. The Balaban J connectivity index is 1.38. The number of carbonyl (C=O) groups excluding carboxylic acids is 1. The summed E-state index contributed by atoms with van der Waals surface area (Å²) in [6.07, 6.45) is 4.00. The molecule has 1 saturated carbocycles. The van der Waals surface area contributed by atoms with Gasteiger partial charge in [-0.1, -0.05) is 5.16 Å². The standard InChI is InChI=1S/C14H14N6O2S/c1-20-5-4-10(18-20)14-16-9(7-23-14)6-15-12(21)13-17-11(19-22-13)8-2-3-8/h4-5,7-8H,2-3,6H2,1H3,(H,15,21). The molecular formula is C14H14N6O2S. The van der Waals surface area contributed by atoms with Crippen LogP contribution in [0.25, 0.3) is 10.7 Å². The van der Waals surface area contributed by atoms with Crippen molar-refractivity contribution >= 4 is 17.2 Å². The Morgan fingerprint density at radius 1 is 1.48 bits per heavy atom. The van der Waals surface area contributed by atoms with E-state index >= 15 is 0 Å². The van der Waals surface area contributed by atoms with Crippen LogP contribution in [0.1, 0.15) is 41.0 Å². The molecule has 1 fully saturated rings. The molecular weight excluding hydrogens is 316 g/mol. The van der Waals surface area contributed by atoms with Crippen LogP contribution in [0, 0.1) is 0 Å². The minimum Gasteiger partial charge on any atom is -0.342 e. The Morgan fingerprint density at radius 3 is 3.09 bits per heavy atom. The number of aromatic nitrogens is 5. The first kappa shape index (κ1) is 14.1. The molecule has 1 aliphatic rings. The lowest BCUT2D eigenvalue weighted by atomic mass is 10.4. The molecule has 1 aliphatic carbocycles. The van der Waals surface area contributed by atoms with E-state index in [1.807, 2.05) is 24.7 Å². The third-order valence-corrected chi connectivity index (χ3v) is 4.41. The van der Waals surface area contributed by atoms with Crippen molar-refractivity contribution in [2.24, 2.45) is 7.05 Å². The highest BCUT2D eigenvalue weighted by Crippen LogP contribution is 2.38. The molecule has 3 aromatic heterocycles. The molecule has 0 aliphatic heterocycles. The maximum absolute atomic E-state index is 12.0. The number of nitrogens with zero attached hydrogens (tertiary/aromatic N) is 5. The van der Waals surface area contributed by atoms with Crippen molar-refractivity contribution in [3.8, 4) is 10.7 Å². The highest BCUT2D eigenvalue weighted by molar-refractivity contribution is 7.13. The molecule has 9 heteroatoms. The molecule has 0 radical (unpaired) electrons. The molecule has 0 unspecified atom stereocenters. The fraction of sp³-hybridized carbons (Fsp3) is 0.357. The Hall–Kier alpha value is -2.55. The fourth-order valence-corrected chi connectivity index (χ4v) is 2.90. The number of thiazole rings is 1. The van der Waals surface area contributed by atoms with Gasteiger partial charge in [-0.25, -0.2) is 4.98 Å². The Kier molecular flexibility index (Phi) is 3.41. The first-order valence-corrected chi connectivity index (χ1v) is 8.13. The van der Waals surface area contributed by atoms with Gasteiger partial charge in [0.15, 0.2) is 5.82 Å².